The van der Waals surface area contributed by atoms with Gasteiger partial charge in [0.2, 0.25) is 0 Å². The fraction of sp³-hybridized carbons (Fsp3) is 0.250. The number of aromatic nitrogens is 2. The molecular weight excluding hydrogens is 328 g/mol. The van der Waals surface area contributed by atoms with Crippen LogP contribution in [0.25, 0.3) is 11.3 Å². The first-order valence-electron chi connectivity index (χ1n) is 8.72. The van der Waals surface area contributed by atoms with Crippen LogP contribution in [0.5, 0.6) is 0 Å². The lowest BCUT2D eigenvalue weighted by Gasteiger charge is -2.16. The summed E-state index contributed by atoms with van der Waals surface area (Å²) in [5.41, 5.74) is 2.39. The Morgan fingerprint density at radius 2 is 2.12 bits per heavy atom. The molecule has 1 N–H and O–H groups in total. The third kappa shape index (κ3) is 3.81. The van der Waals surface area contributed by atoms with Crippen molar-refractivity contribution in [2.24, 2.45) is 0 Å². The number of amides is 1. The molecule has 132 valence electrons. The lowest BCUT2D eigenvalue weighted by atomic mass is 10.2. The summed E-state index contributed by atoms with van der Waals surface area (Å²) in [4.78, 5) is 18.8. The van der Waals surface area contributed by atoms with Gasteiger partial charge >= 0.3 is 0 Å². The Balaban J connectivity index is 1.33. The fourth-order valence-electron chi connectivity index (χ4n) is 3.22. The maximum atomic E-state index is 12.4. The zero-order chi connectivity index (χ0) is 17.8. The van der Waals surface area contributed by atoms with Gasteiger partial charge in [0.15, 0.2) is 11.5 Å². The van der Waals surface area contributed by atoms with Crippen molar-refractivity contribution in [3.63, 3.8) is 0 Å². The number of rotatable bonds is 5. The molecule has 1 amide bonds. The highest BCUT2D eigenvalue weighted by Gasteiger charge is 2.25. The van der Waals surface area contributed by atoms with E-state index < -0.39 is 0 Å². The second-order valence-corrected chi connectivity index (χ2v) is 6.50. The first kappa shape index (κ1) is 16.5. The van der Waals surface area contributed by atoms with Crippen molar-refractivity contribution >= 4 is 5.91 Å². The van der Waals surface area contributed by atoms with Gasteiger partial charge in [0.25, 0.3) is 5.91 Å². The van der Waals surface area contributed by atoms with Crippen LogP contribution in [0.4, 0.5) is 0 Å². The van der Waals surface area contributed by atoms with Crippen LogP contribution < -0.4 is 5.32 Å². The molecule has 0 bridgehead atoms. The number of likely N-dealkylation sites (tertiary alicyclic amines) is 1. The van der Waals surface area contributed by atoms with Crippen molar-refractivity contribution in [2.45, 2.75) is 19.0 Å². The molecule has 2 aromatic heterocycles. The number of hydrogen-bond donors (Lipinski definition) is 1. The maximum Gasteiger partial charge on any atom is 0.273 e. The van der Waals surface area contributed by atoms with E-state index in [9.17, 15) is 4.79 Å². The van der Waals surface area contributed by atoms with Crippen LogP contribution in [0.3, 0.4) is 0 Å². The highest BCUT2D eigenvalue weighted by molar-refractivity contribution is 5.93. The number of nitrogens with zero attached hydrogens (tertiary/aromatic N) is 3. The largest absolute Gasteiger partial charge is 0.355 e. The molecule has 1 aromatic carbocycles. The predicted octanol–water partition coefficient (Wildman–Crippen LogP) is 2.74. The van der Waals surface area contributed by atoms with Crippen molar-refractivity contribution < 1.29 is 9.32 Å². The van der Waals surface area contributed by atoms with Gasteiger partial charge in [0, 0.05) is 49.7 Å². The second kappa shape index (κ2) is 7.49. The van der Waals surface area contributed by atoms with Gasteiger partial charge in [-0.3, -0.25) is 14.7 Å². The van der Waals surface area contributed by atoms with Crippen molar-refractivity contribution in [3.8, 4) is 11.3 Å². The molecule has 1 saturated heterocycles. The van der Waals surface area contributed by atoms with Gasteiger partial charge in [-0.05, 0) is 24.1 Å². The van der Waals surface area contributed by atoms with E-state index in [1.54, 1.807) is 18.5 Å². The van der Waals surface area contributed by atoms with E-state index in [1.165, 1.54) is 5.56 Å². The smallest absolute Gasteiger partial charge is 0.273 e. The Morgan fingerprint density at radius 1 is 1.23 bits per heavy atom. The number of benzene rings is 1. The highest BCUT2D eigenvalue weighted by Crippen LogP contribution is 2.19. The van der Waals surface area contributed by atoms with Crippen LogP contribution in [0.1, 0.15) is 22.5 Å². The van der Waals surface area contributed by atoms with E-state index in [0.29, 0.717) is 11.5 Å². The van der Waals surface area contributed by atoms with Gasteiger partial charge in [-0.1, -0.05) is 35.5 Å². The van der Waals surface area contributed by atoms with Crippen LogP contribution >= 0.6 is 0 Å². The maximum absolute atomic E-state index is 12.4. The Hall–Kier alpha value is -2.99. The molecule has 1 atom stereocenters. The molecule has 4 rings (SSSR count). The van der Waals surface area contributed by atoms with Gasteiger partial charge in [-0.15, -0.1) is 0 Å². The van der Waals surface area contributed by atoms with Gasteiger partial charge in [-0.2, -0.15) is 0 Å². The van der Waals surface area contributed by atoms with Gasteiger partial charge in [-0.25, -0.2) is 0 Å². The SMILES string of the molecule is O=C(N[C@H]1CCN(Cc2ccccc2)C1)c1cc(-c2cccnc2)on1. The number of hydrogen-bond acceptors (Lipinski definition) is 5. The van der Waals surface area contributed by atoms with E-state index >= 15 is 0 Å². The van der Waals surface area contributed by atoms with Crippen molar-refractivity contribution in [1.82, 2.24) is 20.4 Å². The quantitative estimate of drug-likeness (QED) is 0.768. The minimum absolute atomic E-state index is 0.129. The second-order valence-electron chi connectivity index (χ2n) is 6.50. The van der Waals surface area contributed by atoms with Gasteiger partial charge < -0.3 is 9.84 Å². The minimum atomic E-state index is -0.199. The third-order valence-corrected chi connectivity index (χ3v) is 4.55. The van der Waals surface area contributed by atoms with Crippen LogP contribution in [0, 0.1) is 0 Å². The van der Waals surface area contributed by atoms with Crippen molar-refractivity contribution in [3.05, 3.63) is 72.2 Å². The highest BCUT2D eigenvalue weighted by atomic mass is 16.5. The van der Waals surface area contributed by atoms with Gasteiger partial charge in [0.1, 0.15) is 0 Å². The monoisotopic (exact) mass is 348 g/mol. The van der Waals surface area contributed by atoms with Crippen LogP contribution in [-0.4, -0.2) is 40.1 Å². The first-order valence-corrected chi connectivity index (χ1v) is 8.72. The average molecular weight is 348 g/mol. The summed E-state index contributed by atoms with van der Waals surface area (Å²) < 4.78 is 5.28. The topological polar surface area (TPSA) is 71.3 Å². The Kier molecular flexibility index (Phi) is 4.75. The van der Waals surface area contributed by atoms with E-state index in [2.05, 4.69) is 44.6 Å². The lowest BCUT2D eigenvalue weighted by molar-refractivity contribution is 0.0928. The molecule has 0 radical (unpaired) electrons. The molecule has 3 heterocycles. The average Bonchev–Trinajstić information content (AvgIpc) is 3.33. The molecule has 1 aliphatic heterocycles. The zero-order valence-corrected chi connectivity index (χ0v) is 14.3. The summed E-state index contributed by atoms with van der Waals surface area (Å²) >= 11 is 0. The zero-order valence-electron chi connectivity index (χ0n) is 14.3. The summed E-state index contributed by atoms with van der Waals surface area (Å²) in [5, 5.41) is 6.95. The molecule has 26 heavy (non-hydrogen) atoms. The van der Waals surface area contributed by atoms with Gasteiger partial charge in [0.05, 0.1) is 0 Å². The molecule has 0 unspecified atom stereocenters. The van der Waals surface area contributed by atoms with E-state index in [0.717, 1.165) is 31.6 Å². The van der Waals surface area contributed by atoms with Crippen molar-refractivity contribution in [2.75, 3.05) is 13.1 Å². The summed E-state index contributed by atoms with van der Waals surface area (Å²) in [6.45, 7) is 2.72. The standard InChI is InChI=1S/C20H20N4O2/c25-20(18-11-19(26-23-18)16-7-4-9-21-12-16)22-17-8-10-24(14-17)13-15-5-2-1-3-6-15/h1-7,9,11-12,17H,8,10,13-14H2,(H,22,25)/t17-/m0/s1. The Morgan fingerprint density at radius 3 is 2.92 bits per heavy atom. The van der Waals surface area contributed by atoms with Crippen LogP contribution in [-0.2, 0) is 6.54 Å². The molecular formula is C20H20N4O2. The molecule has 6 nitrogen and oxygen atoms in total. The minimum Gasteiger partial charge on any atom is -0.355 e. The molecule has 1 fully saturated rings. The summed E-state index contributed by atoms with van der Waals surface area (Å²) in [6.07, 6.45) is 4.31. The normalized spacial score (nSPS) is 17.3. The number of nitrogens with one attached hydrogen (secondary N) is 1. The number of carbonyl (C=O) groups excluding carboxylic acids is 1. The summed E-state index contributed by atoms with van der Waals surface area (Å²) in [5.74, 6) is 0.343. The number of pyridine rings is 1. The Bertz CT molecular complexity index is 864. The van der Waals surface area contributed by atoms with Crippen molar-refractivity contribution in [1.29, 1.82) is 0 Å². The molecule has 3 aromatic rings. The van der Waals surface area contributed by atoms with E-state index in [1.807, 2.05) is 18.2 Å². The van der Waals surface area contributed by atoms with Crippen LogP contribution in [0.2, 0.25) is 0 Å². The van der Waals surface area contributed by atoms with Crippen LogP contribution in [0.15, 0.2) is 65.4 Å². The molecule has 6 heteroatoms. The predicted molar refractivity (Wildman–Crippen MR) is 97.3 cm³/mol. The van der Waals surface area contributed by atoms with E-state index in [-0.39, 0.29) is 11.9 Å². The molecule has 0 spiro atoms. The molecule has 0 aliphatic carbocycles. The fourth-order valence-corrected chi connectivity index (χ4v) is 3.22. The summed E-state index contributed by atoms with van der Waals surface area (Å²) in [7, 11) is 0. The molecule has 1 aliphatic rings. The Labute approximate surface area is 151 Å². The summed E-state index contributed by atoms with van der Waals surface area (Å²) in [6, 6.07) is 15.8. The first-order chi connectivity index (χ1) is 12.8. The lowest BCUT2D eigenvalue weighted by Crippen LogP contribution is -2.37. The number of carbonyl (C=O) groups is 1. The third-order valence-electron chi connectivity index (χ3n) is 4.55. The molecule has 0 saturated carbocycles. The van der Waals surface area contributed by atoms with E-state index in [4.69, 9.17) is 4.52 Å².